The van der Waals surface area contributed by atoms with Gasteiger partial charge in [0.1, 0.15) is 5.82 Å². The Morgan fingerprint density at radius 1 is 0.900 bits per heavy atom. The van der Waals surface area contributed by atoms with Gasteiger partial charge in [0.05, 0.1) is 18.4 Å². The number of nitrogens with zero attached hydrogens (tertiary/aromatic N) is 6. The van der Waals surface area contributed by atoms with Crippen LogP contribution in [0, 0.1) is 5.82 Å². The maximum atomic E-state index is 13.2. The molecule has 2 aliphatic rings. The van der Waals surface area contributed by atoms with E-state index in [1.54, 1.807) is 24.4 Å². The lowest BCUT2D eigenvalue weighted by molar-refractivity contribution is 0.0728. The van der Waals surface area contributed by atoms with Crippen molar-refractivity contribution in [2.24, 2.45) is 5.10 Å². The summed E-state index contributed by atoms with van der Waals surface area (Å²) in [4.78, 5) is 31.1. The van der Waals surface area contributed by atoms with Gasteiger partial charge in [-0.15, -0.1) is 0 Å². The Balaban J connectivity index is 1.31. The number of halogens is 1. The molecule has 210 valence electrons. The number of anilines is 3. The van der Waals surface area contributed by atoms with E-state index >= 15 is 0 Å². The molecule has 0 bridgehead atoms. The number of benzene rings is 2. The third-order valence-corrected chi connectivity index (χ3v) is 6.82. The molecule has 0 aliphatic carbocycles. The first-order valence-electron chi connectivity index (χ1n) is 13.9. The first-order chi connectivity index (χ1) is 19.6. The molecule has 5 rings (SSSR count). The van der Waals surface area contributed by atoms with Crippen molar-refractivity contribution >= 4 is 30.0 Å². The van der Waals surface area contributed by atoms with Gasteiger partial charge in [0.25, 0.3) is 0 Å². The summed E-state index contributed by atoms with van der Waals surface area (Å²) in [6.45, 7) is 5.96. The monoisotopic (exact) mass is 547 g/mol. The standard InChI is InChI=1S/C29H34FN7O3/c1-2-39-25-19-21(9-14-24(25)40-26(38)22-10-12-23(30)13-11-22)20-31-35-27-32-28(36-15-5-3-6-16-36)34-29(33-27)37-17-7-4-8-18-37/h9-14,19-20H,2-8,15-18H2,1H3,(H,32,33,34,35)/b31-20-. The number of hydrazone groups is 1. The number of hydrogen-bond donors (Lipinski definition) is 1. The van der Waals surface area contributed by atoms with Crippen molar-refractivity contribution in [2.45, 2.75) is 45.4 Å². The van der Waals surface area contributed by atoms with Gasteiger partial charge in [0.15, 0.2) is 11.5 Å². The van der Waals surface area contributed by atoms with Crippen molar-refractivity contribution in [3.05, 3.63) is 59.4 Å². The zero-order chi connectivity index (χ0) is 27.7. The highest BCUT2D eigenvalue weighted by Crippen LogP contribution is 2.29. The first-order valence-corrected chi connectivity index (χ1v) is 13.9. The maximum Gasteiger partial charge on any atom is 0.343 e. The lowest BCUT2D eigenvalue weighted by atomic mass is 10.1. The van der Waals surface area contributed by atoms with Crippen molar-refractivity contribution in [3.63, 3.8) is 0 Å². The number of rotatable bonds is 9. The number of hydrogen-bond acceptors (Lipinski definition) is 10. The second kappa shape index (κ2) is 13.2. The van der Waals surface area contributed by atoms with Gasteiger partial charge in [0.2, 0.25) is 17.8 Å². The fourth-order valence-corrected chi connectivity index (χ4v) is 4.74. The molecule has 2 fully saturated rings. The summed E-state index contributed by atoms with van der Waals surface area (Å²) < 4.78 is 24.4. The van der Waals surface area contributed by atoms with Crippen molar-refractivity contribution in [1.29, 1.82) is 0 Å². The Hall–Kier alpha value is -4.28. The Kier molecular flexibility index (Phi) is 9.00. The minimum Gasteiger partial charge on any atom is -0.490 e. The van der Waals surface area contributed by atoms with Crippen LogP contribution in [0.1, 0.15) is 61.4 Å². The number of carbonyl (C=O) groups excluding carboxylic acids is 1. The molecule has 0 radical (unpaired) electrons. The Labute approximate surface area is 233 Å². The molecule has 11 heteroatoms. The number of esters is 1. The van der Waals surface area contributed by atoms with Crippen LogP contribution in [0.25, 0.3) is 0 Å². The Morgan fingerprint density at radius 2 is 1.52 bits per heavy atom. The fraction of sp³-hybridized carbons (Fsp3) is 0.414. The highest BCUT2D eigenvalue weighted by atomic mass is 19.1. The van der Waals surface area contributed by atoms with Crippen LogP contribution in [0.4, 0.5) is 22.2 Å². The average Bonchev–Trinajstić information content (AvgIpc) is 2.99. The van der Waals surface area contributed by atoms with Crippen molar-refractivity contribution in [2.75, 3.05) is 48.0 Å². The normalized spacial score (nSPS) is 15.8. The molecule has 1 N–H and O–H groups in total. The van der Waals surface area contributed by atoms with Crippen LogP contribution < -0.4 is 24.7 Å². The largest absolute Gasteiger partial charge is 0.490 e. The summed E-state index contributed by atoms with van der Waals surface area (Å²) in [7, 11) is 0. The molecule has 40 heavy (non-hydrogen) atoms. The minimum atomic E-state index is -0.604. The molecule has 0 atom stereocenters. The second-order valence-electron chi connectivity index (χ2n) is 9.76. The molecule has 10 nitrogen and oxygen atoms in total. The number of aromatic nitrogens is 3. The number of piperidine rings is 2. The molecule has 0 spiro atoms. The molecule has 1 aromatic heterocycles. The third-order valence-electron chi connectivity index (χ3n) is 6.82. The molecule has 0 unspecified atom stereocenters. The van der Waals surface area contributed by atoms with Crippen LogP contribution in [-0.4, -0.2) is 59.9 Å². The summed E-state index contributed by atoms with van der Waals surface area (Å²) in [5.74, 6) is 1.37. The van der Waals surface area contributed by atoms with E-state index < -0.39 is 11.8 Å². The molecule has 2 aromatic carbocycles. The number of carbonyl (C=O) groups is 1. The number of ether oxygens (including phenoxy) is 2. The number of nitrogens with one attached hydrogen (secondary N) is 1. The quantitative estimate of drug-likeness (QED) is 0.170. The predicted octanol–water partition coefficient (Wildman–Crippen LogP) is 5.06. The fourth-order valence-electron chi connectivity index (χ4n) is 4.74. The van der Waals surface area contributed by atoms with Crippen LogP contribution >= 0.6 is 0 Å². The van der Waals surface area contributed by atoms with E-state index in [9.17, 15) is 9.18 Å². The Bertz CT molecular complexity index is 1290. The third kappa shape index (κ3) is 7.02. The van der Waals surface area contributed by atoms with Crippen LogP contribution in [0.2, 0.25) is 0 Å². The van der Waals surface area contributed by atoms with Gasteiger partial charge in [-0.1, -0.05) is 0 Å². The lowest BCUT2D eigenvalue weighted by Gasteiger charge is -2.30. The van der Waals surface area contributed by atoms with Crippen molar-refractivity contribution in [3.8, 4) is 11.5 Å². The highest BCUT2D eigenvalue weighted by Gasteiger charge is 2.20. The predicted molar refractivity (Wildman–Crippen MR) is 152 cm³/mol. The molecule has 0 amide bonds. The topological polar surface area (TPSA) is 105 Å². The molecular weight excluding hydrogens is 513 g/mol. The van der Waals surface area contributed by atoms with Gasteiger partial charge in [-0.25, -0.2) is 14.6 Å². The van der Waals surface area contributed by atoms with Gasteiger partial charge >= 0.3 is 5.97 Å². The second-order valence-corrected chi connectivity index (χ2v) is 9.76. The van der Waals surface area contributed by atoms with Crippen LogP contribution in [0.3, 0.4) is 0 Å². The lowest BCUT2D eigenvalue weighted by Crippen LogP contribution is -2.34. The summed E-state index contributed by atoms with van der Waals surface area (Å²) in [5.41, 5.74) is 3.93. The zero-order valence-corrected chi connectivity index (χ0v) is 22.7. The van der Waals surface area contributed by atoms with Crippen molar-refractivity contribution in [1.82, 2.24) is 15.0 Å². The molecule has 3 aromatic rings. The SMILES string of the molecule is CCOc1cc(/C=N\Nc2nc(N3CCCCC3)nc(N3CCCCC3)n2)ccc1OC(=O)c1ccc(F)cc1. The van der Waals surface area contributed by atoms with E-state index in [0.29, 0.717) is 30.2 Å². The van der Waals surface area contributed by atoms with E-state index in [1.807, 2.05) is 6.92 Å². The van der Waals surface area contributed by atoms with Crippen LogP contribution in [0.5, 0.6) is 11.5 Å². The maximum absolute atomic E-state index is 13.2. The summed E-state index contributed by atoms with van der Waals surface area (Å²) in [6, 6.07) is 10.3. The van der Waals surface area contributed by atoms with Gasteiger partial charge in [-0.2, -0.15) is 20.1 Å². The average molecular weight is 548 g/mol. The van der Waals surface area contributed by atoms with E-state index in [4.69, 9.17) is 14.5 Å². The van der Waals surface area contributed by atoms with Crippen LogP contribution in [0.15, 0.2) is 47.6 Å². The smallest absolute Gasteiger partial charge is 0.343 e. The van der Waals surface area contributed by atoms with Gasteiger partial charge in [0, 0.05) is 26.2 Å². The minimum absolute atomic E-state index is 0.240. The molecule has 2 saturated heterocycles. The van der Waals surface area contributed by atoms with Crippen molar-refractivity contribution < 1.29 is 18.7 Å². The zero-order valence-electron chi connectivity index (χ0n) is 22.7. The molecule has 3 heterocycles. The van der Waals surface area contributed by atoms with Crippen LogP contribution in [-0.2, 0) is 0 Å². The van der Waals surface area contributed by atoms with E-state index in [0.717, 1.165) is 57.4 Å². The van der Waals surface area contributed by atoms with E-state index in [2.05, 4.69) is 30.3 Å². The van der Waals surface area contributed by atoms with Gasteiger partial charge < -0.3 is 19.3 Å². The molecule has 0 saturated carbocycles. The Morgan fingerprint density at radius 3 is 2.12 bits per heavy atom. The van der Waals surface area contributed by atoms with Gasteiger partial charge in [-0.3, -0.25) is 0 Å². The van der Waals surface area contributed by atoms with E-state index in [1.165, 1.54) is 37.1 Å². The molecular formula is C29H34FN7O3. The first kappa shape index (κ1) is 27.3. The summed E-state index contributed by atoms with van der Waals surface area (Å²) in [5, 5.41) is 4.37. The van der Waals surface area contributed by atoms with E-state index in [-0.39, 0.29) is 11.3 Å². The molecule has 2 aliphatic heterocycles. The highest BCUT2D eigenvalue weighted by molar-refractivity contribution is 5.91. The summed E-state index contributed by atoms with van der Waals surface area (Å²) >= 11 is 0. The summed E-state index contributed by atoms with van der Waals surface area (Å²) in [6.07, 6.45) is 8.59. The van der Waals surface area contributed by atoms with Gasteiger partial charge in [-0.05, 0) is 93.5 Å².